The number of aliphatic hydroxyl groups is 1. The van der Waals surface area contributed by atoms with Gasteiger partial charge in [0.25, 0.3) is 0 Å². The Hall–Kier alpha value is -4.86. The lowest BCUT2D eigenvalue weighted by Gasteiger charge is -2.45. The van der Waals surface area contributed by atoms with E-state index in [1.807, 2.05) is 57.2 Å². The second kappa shape index (κ2) is 21.4. The fourth-order valence-corrected chi connectivity index (χ4v) is 7.91. The first-order valence-electron chi connectivity index (χ1n) is 20.5. The van der Waals surface area contributed by atoms with Crippen LogP contribution >= 0.6 is 0 Å². The van der Waals surface area contributed by atoms with Crippen LogP contribution in [0.2, 0.25) is 0 Å². The largest absolute Gasteiger partial charge is 0.467 e. The second-order valence-electron chi connectivity index (χ2n) is 15.0. The van der Waals surface area contributed by atoms with Gasteiger partial charge in [-0.2, -0.15) is 0 Å². The van der Waals surface area contributed by atoms with Gasteiger partial charge in [0, 0.05) is 31.4 Å². The van der Waals surface area contributed by atoms with Crippen molar-refractivity contribution in [2.45, 2.75) is 110 Å². The fraction of sp³-hybridized carbons (Fsp3) is 0.511. The highest BCUT2D eigenvalue weighted by molar-refractivity contribution is 5.98. The number of carbonyl (C=O) groups excluding carboxylic acids is 4. The standard InChI is InChI=1S/C45H59N3O11/c1-8-55-38-36(59-41(44(52)54-7)40(57-10-3)39(38)56-9-2)22-20-28-23-30(21-19-29(28)24-49)47-42(50)27(6)46-43(51)37(26(4)5)48-45(53)58-25-35-33-17-13-11-15-31(33)32-16-12-14-18-34(32)35/h11-19,21,23,26-27,35-41,49H,8-10,20,22,24-25H2,1-7H3,(H,46,51)(H,47,50)(H,48,53)/t27-,36-,37-,38-,39+,40-,41?/m0/s1. The minimum atomic E-state index is -1.04. The summed E-state index contributed by atoms with van der Waals surface area (Å²) < 4.78 is 35.2. The smallest absolute Gasteiger partial charge is 0.407 e. The van der Waals surface area contributed by atoms with Crippen molar-refractivity contribution in [3.63, 3.8) is 0 Å². The molecule has 1 aliphatic heterocycles. The zero-order valence-electron chi connectivity index (χ0n) is 35.0. The van der Waals surface area contributed by atoms with Crippen LogP contribution in [-0.4, -0.2) is 105 Å². The van der Waals surface area contributed by atoms with E-state index < -0.39 is 66.5 Å². The van der Waals surface area contributed by atoms with Crippen LogP contribution in [0.1, 0.15) is 76.1 Å². The molecule has 5 rings (SSSR count). The zero-order chi connectivity index (χ0) is 42.6. The first-order chi connectivity index (χ1) is 28.4. The predicted octanol–water partition coefficient (Wildman–Crippen LogP) is 5.27. The molecule has 1 fully saturated rings. The number of fused-ring (bicyclic) bond motifs is 3. The van der Waals surface area contributed by atoms with Gasteiger partial charge in [-0.25, -0.2) is 9.59 Å². The minimum Gasteiger partial charge on any atom is -0.467 e. The number of nitrogens with one attached hydrogen (secondary N) is 3. The van der Waals surface area contributed by atoms with Crippen molar-refractivity contribution in [1.29, 1.82) is 0 Å². The Morgan fingerprint density at radius 3 is 1.97 bits per heavy atom. The number of aryl methyl sites for hydroxylation is 1. The third kappa shape index (κ3) is 10.9. The number of esters is 1. The molecule has 1 heterocycles. The van der Waals surface area contributed by atoms with Crippen LogP contribution in [0.15, 0.2) is 66.7 Å². The van der Waals surface area contributed by atoms with Gasteiger partial charge in [-0.3, -0.25) is 9.59 Å². The molecule has 3 aromatic carbocycles. The Labute approximate surface area is 346 Å². The average Bonchev–Trinajstić information content (AvgIpc) is 3.55. The highest BCUT2D eigenvalue weighted by Gasteiger charge is 2.50. The molecule has 0 spiro atoms. The maximum Gasteiger partial charge on any atom is 0.407 e. The molecular weight excluding hydrogens is 759 g/mol. The molecule has 0 saturated carbocycles. The quantitative estimate of drug-likeness (QED) is 0.116. The summed E-state index contributed by atoms with van der Waals surface area (Å²) in [6.07, 6.45) is -3.50. The summed E-state index contributed by atoms with van der Waals surface area (Å²) in [6, 6.07) is 19.3. The molecule has 14 heteroatoms. The van der Waals surface area contributed by atoms with Crippen molar-refractivity contribution < 1.29 is 52.7 Å². The van der Waals surface area contributed by atoms with Gasteiger partial charge >= 0.3 is 12.1 Å². The van der Waals surface area contributed by atoms with Gasteiger partial charge < -0.3 is 49.5 Å². The molecule has 3 amide bonds. The van der Waals surface area contributed by atoms with Crippen LogP contribution in [0.4, 0.5) is 10.5 Å². The summed E-state index contributed by atoms with van der Waals surface area (Å²) in [5.74, 6) is -2.05. The van der Waals surface area contributed by atoms with E-state index in [2.05, 4.69) is 28.1 Å². The van der Waals surface area contributed by atoms with Gasteiger partial charge in [-0.1, -0.05) is 68.4 Å². The Bertz CT molecular complexity index is 1860. The van der Waals surface area contributed by atoms with Gasteiger partial charge in [0.2, 0.25) is 11.8 Å². The van der Waals surface area contributed by atoms with E-state index >= 15 is 0 Å². The van der Waals surface area contributed by atoms with E-state index in [4.69, 9.17) is 28.4 Å². The summed E-state index contributed by atoms with van der Waals surface area (Å²) in [4.78, 5) is 52.8. The predicted molar refractivity (Wildman–Crippen MR) is 221 cm³/mol. The van der Waals surface area contributed by atoms with Gasteiger partial charge in [0.05, 0.1) is 19.8 Å². The molecule has 320 valence electrons. The third-order valence-corrected chi connectivity index (χ3v) is 10.8. The van der Waals surface area contributed by atoms with Crippen molar-refractivity contribution in [1.82, 2.24) is 10.6 Å². The number of benzene rings is 3. The number of hydrogen-bond donors (Lipinski definition) is 4. The SMILES string of the molecule is CCO[C@@H]1[C@@H](OCC)[C@H](OCC)C(C(=O)OC)O[C@H]1CCc1cc(NC(=O)[C@H](C)NC(=O)[C@@H](NC(=O)OCC2c3ccccc3-c3ccccc32)C(C)C)ccc1CO. The molecule has 59 heavy (non-hydrogen) atoms. The lowest BCUT2D eigenvalue weighted by atomic mass is 9.90. The number of ether oxygens (including phenoxy) is 6. The first-order valence-corrected chi connectivity index (χ1v) is 20.5. The van der Waals surface area contributed by atoms with E-state index in [1.54, 1.807) is 39.0 Å². The Morgan fingerprint density at radius 1 is 0.763 bits per heavy atom. The van der Waals surface area contributed by atoms with E-state index in [0.717, 1.165) is 27.8 Å². The Morgan fingerprint density at radius 2 is 1.37 bits per heavy atom. The van der Waals surface area contributed by atoms with Crippen LogP contribution in [0.3, 0.4) is 0 Å². The molecule has 3 aromatic rings. The molecule has 1 aliphatic carbocycles. The Balaban J connectivity index is 1.20. The number of aliphatic hydroxyl groups excluding tert-OH is 1. The molecule has 0 bridgehead atoms. The number of alkyl carbamates (subject to hydrolysis) is 1. The normalized spacial score (nSPS) is 20.9. The number of hydrogen-bond acceptors (Lipinski definition) is 11. The third-order valence-electron chi connectivity index (χ3n) is 10.8. The summed E-state index contributed by atoms with van der Waals surface area (Å²) in [5, 5.41) is 18.5. The molecule has 1 saturated heterocycles. The van der Waals surface area contributed by atoms with Gasteiger partial charge in [-0.05, 0) is 92.0 Å². The summed E-state index contributed by atoms with van der Waals surface area (Å²) in [7, 11) is 1.29. The van der Waals surface area contributed by atoms with Crippen molar-refractivity contribution in [2.75, 3.05) is 38.9 Å². The number of anilines is 1. The monoisotopic (exact) mass is 817 g/mol. The first kappa shape index (κ1) is 45.2. The molecule has 0 radical (unpaired) electrons. The Kier molecular flexibility index (Phi) is 16.4. The van der Waals surface area contributed by atoms with E-state index in [-0.39, 0.29) is 25.0 Å². The van der Waals surface area contributed by atoms with Gasteiger partial charge in [0.1, 0.15) is 37.0 Å². The molecule has 14 nitrogen and oxygen atoms in total. The lowest BCUT2D eigenvalue weighted by Crippen LogP contribution is -2.62. The summed E-state index contributed by atoms with van der Waals surface area (Å²) in [5.41, 5.74) is 6.20. The summed E-state index contributed by atoms with van der Waals surface area (Å²) in [6.45, 7) is 11.6. The molecular formula is C45H59N3O11. The van der Waals surface area contributed by atoms with Crippen LogP contribution < -0.4 is 16.0 Å². The molecule has 2 aliphatic rings. The van der Waals surface area contributed by atoms with E-state index in [9.17, 15) is 24.3 Å². The van der Waals surface area contributed by atoms with E-state index in [1.165, 1.54) is 7.11 Å². The van der Waals surface area contributed by atoms with Crippen LogP contribution in [0.5, 0.6) is 0 Å². The maximum absolute atomic E-state index is 13.5. The number of rotatable bonds is 19. The minimum absolute atomic E-state index is 0.0964. The molecule has 0 aromatic heterocycles. The number of methoxy groups -OCH3 is 1. The highest BCUT2D eigenvalue weighted by atomic mass is 16.6. The number of amides is 3. The highest BCUT2D eigenvalue weighted by Crippen LogP contribution is 2.44. The molecule has 4 N–H and O–H groups in total. The summed E-state index contributed by atoms with van der Waals surface area (Å²) >= 11 is 0. The van der Waals surface area contributed by atoms with Crippen molar-refractivity contribution in [3.8, 4) is 11.1 Å². The fourth-order valence-electron chi connectivity index (χ4n) is 7.91. The van der Waals surface area contributed by atoms with Crippen molar-refractivity contribution in [2.24, 2.45) is 5.92 Å². The van der Waals surface area contributed by atoms with Gasteiger partial charge in [0.15, 0.2) is 6.10 Å². The number of carbonyl (C=O) groups is 4. The van der Waals surface area contributed by atoms with Crippen molar-refractivity contribution >= 4 is 29.6 Å². The van der Waals surface area contributed by atoms with Gasteiger partial charge in [-0.15, -0.1) is 0 Å². The molecule has 7 atom stereocenters. The lowest BCUT2D eigenvalue weighted by molar-refractivity contribution is -0.257. The maximum atomic E-state index is 13.5. The topological polar surface area (TPSA) is 180 Å². The van der Waals surface area contributed by atoms with Crippen molar-refractivity contribution in [3.05, 3.63) is 89.0 Å². The van der Waals surface area contributed by atoms with Crippen LogP contribution in [0, 0.1) is 5.92 Å². The zero-order valence-corrected chi connectivity index (χ0v) is 35.0. The molecule has 1 unspecified atom stereocenters. The van der Waals surface area contributed by atoms with Crippen LogP contribution in [-0.2, 0) is 55.8 Å². The average molecular weight is 818 g/mol. The van der Waals surface area contributed by atoms with Crippen LogP contribution in [0.25, 0.3) is 11.1 Å². The second-order valence-corrected chi connectivity index (χ2v) is 15.0. The van der Waals surface area contributed by atoms with E-state index in [0.29, 0.717) is 43.9 Å².